The number of ketones is 1. The van der Waals surface area contributed by atoms with Gasteiger partial charge in [0.05, 0.1) is 36.3 Å². The van der Waals surface area contributed by atoms with Crippen molar-refractivity contribution in [2.45, 2.75) is 90.3 Å². The van der Waals surface area contributed by atoms with E-state index in [1.165, 1.54) is 0 Å². The van der Waals surface area contributed by atoms with E-state index in [1.807, 2.05) is 6.92 Å². The molecule has 0 saturated carbocycles. The highest BCUT2D eigenvalue weighted by Gasteiger charge is 2.44. The van der Waals surface area contributed by atoms with Crippen molar-refractivity contribution >= 4 is 11.8 Å². The van der Waals surface area contributed by atoms with Crippen LogP contribution >= 0.6 is 0 Å². The molecule has 0 unspecified atom stereocenters. The maximum Gasteiger partial charge on any atom is 0.309 e. The van der Waals surface area contributed by atoms with Gasteiger partial charge in [-0.05, 0) is 18.8 Å². The minimum absolute atomic E-state index is 0.0196. The number of hydrogen-bond acceptors (Lipinski definition) is 6. The van der Waals surface area contributed by atoms with Crippen LogP contribution in [0.1, 0.15) is 59.8 Å². The normalized spacial score (nSPS) is 41.1. The van der Waals surface area contributed by atoms with Crippen LogP contribution in [-0.4, -0.2) is 52.5 Å². The van der Waals surface area contributed by atoms with Crippen molar-refractivity contribution in [2.75, 3.05) is 0 Å². The third-order valence-electron chi connectivity index (χ3n) is 6.08. The fraction of sp³-hybridized carbons (Fsp3) is 0.810. The molecule has 0 aromatic rings. The number of aliphatic hydroxyl groups excluding tert-OH is 2. The Morgan fingerprint density at radius 2 is 1.81 bits per heavy atom. The molecular formula is C21H32O6. The van der Waals surface area contributed by atoms with Gasteiger partial charge in [0.1, 0.15) is 5.78 Å². The second-order valence-corrected chi connectivity index (χ2v) is 8.59. The third-order valence-corrected chi connectivity index (χ3v) is 6.08. The maximum absolute atomic E-state index is 12.9. The molecule has 152 valence electrons. The molecule has 2 heterocycles. The highest BCUT2D eigenvalue weighted by Crippen LogP contribution is 2.35. The first-order valence-electron chi connectivity index (χ1n) is 9.79. The van der Waals surface area contributed by atoms with E-state index in [4.69, 9.17) is 15.9 Å². The number of esters is 1. The van der Waals surface area contributed by atoms with Gasteiger partial charge < -0.3 is 19.7 Å². The fourth-order valence-corrected chi connectivity index (χ4v) is 3.83. The molecule has 6 nitrogen and oxygen atoms in total. The molecule has 7 atom stereocenters. The number of rotatable bonds is 0. The molecule has 27 heavy (non-hydrogen) atoms. The highest BCUT2D eigenvalue weighted by molar-refractivity contribution is 5.87. The van der Waals surface area contributed by atoms with Crippen LogP contribution in [0, 0.1) is 29.6 Å². The first kappa shape index (κ1) is 21.9. The van der Waals surface area contributed by atoms with Crippen LogP contribution < -0.4 is 0 Å². The second kappa shape index (κ2) is 8.72. The van der Waals surface area contributed by atoms with E-state index >= 15 is 0 Å². The summed E-state index contributed by atoms with van der Waals surface area (Å²) in [5.41, 5.74) is -1.19. The third kappa shape index (κ3) is 5.31. The lowest BCUT2D eigenvalue weighted by molar-refractivity contribution is -0.153. The van der Waals surface area contributed by atoms with Crippen LogP contribution in [0.25, 0.3) is 0 Å². The Bertz CT molecular complexity index is 592. The standard InChI is InChI=1S/C21H32O6/c1-6-14-10-16-15(27-16)9-7-8-12(2)19(24)13(3)20(25)21(4,5)17(22)11-18(23)26-14/h1,12-17,19,22,24H,7-11H2,2-5H3/t12-,13+,14+,15+,16-,17-,19-/m0/s1. The Kier molecular flexibility index (Phi) is 7.07. The van der Waals surface area contributed by atoms with E-state index in [9.17, 15) is 19.8 Å². The molecule has 0 aliphatic carbocycles. The number of hydrogen-bond donors (Lipinski definition) is 2. The van der Waals surface area contributed by atoms with Crippen LogP contribution in [0.5, 0.6) is 0 Å². The largest absolute Gasteiger partial charge is 0.449 e. The lowest BCUT2D eigenvalue weighted by Gasteiger charge is -2.34. The summed E-state index contributed by atoms with van der Waals surface area (Å²) in [6.07, 6.45) is 5.41. The maximum atomic E-state index is 12.9. The molecule has 0 radical (unpaired) electrons. The summed E-state index contributed by atoms with van der Waals surface area (Å²) in [6.45, 7) is 6.78. The van der Waals surface area contributed by atoms with Crippen molar-refractivity contribution in [1.29, 1.82) is 0 Å². The van der Waals surface area contributed by atoms with Crippen molar-refractivity contribution in [3.05, 3.63) is 0 Å². The Balaban J connectivity index is 2.17. The zero-order chi connectivity index (χ0) is 20.4. The fourth-order valence-electron chi connectivity index (χ4n) is 3.83. The SMILES string of the molecule is C#C[C@@H]1C[C@@H]2O[C@@H]2CCC[C@H](C)[C@H](O)[C@@H](C)C(=O)C(C)(C)[C@@H](O)CC(=O)O1. The summed E-state index contributed by atoms with van der Waals surface area (Å²) < 4.78 is 10.9. The van der Waals surface area contributed by atoms with E-state index in [2.05, 4.69) is 5.92 Å². The van der Waals surface area contributed by atoms with Gasteiger partial charge in [0, 0.05) is 12.3 Å². The summed E-state index contributed by atoms with van der Waals surface area (Å²) in [6, 6.07) is 0. The monoisotopic (exact) mass is 380 g/mol. The van der Waals surface area contributed by atoms with E-state index in [0.29, 0.717) is 6.42 Å². The topological polar surface area (TPSA) is 96.4 Å². The highest BCUT2D eigenvalue weighted by atomic mass is 16.6. The average molecular weight is 380 g/mol. The summed E-state index contributed by atoms with van der Waals surface area (Å²) in [4.78, 5) is 25.1. The first-order chi connectivity index (χ1) is 12.6. The number of aliphatic hydroxyl groups is 2. The predicted octanol–water partition coefficient (Wildman–Crippen LogP) is 1.85. The van der Waals surface area contributed by atoms with Gasteiger partial charge in [0.25, 0.3) is 0 Å². The minimum Gasteiger partial charge on any atom is -0.449 e. The van der Waals surface area contributed by atoms with Crippen molar-refractivity contribution in [3.8, 4) is 12.3 Å². The number of fused-ring (bicyclic) bond motifs is 1. The number of Topliss-reactive ketones (excluding diaryl/α,β-unsaturated/α-hetero) is 1. The van der Waals surface area contributed by atoms with Crippen LogP contribution in [0.3, 0.4) is 0 Å². The molecule has 2 rings (SSSR count). The minimum atomic E-state index is -1.22. The zero-order valence-electron chi connectivity index (χ0n) is 16.7. The van der Waals surface area contributed by atoms with Gasteiger partial charge in [-0.3, -0.25) is 9.59 Å². The number of cyclic esters (lactones) is 1. The van der Waals surface area contributed by atoms with Gasteiger partial charge in [0.15, 0.2) is 6.10 Å². The van der Waals surface area contributed by atoms with Crippen molar-refractivity contribution in [3.63, 3.8) is 0 Å². The number of epoxide rings is 1. The molecule has 2 N–H and O–H groups in total. The van der Waals surface area contributed by atoms with Gasteiger partial charge >= 0.3 is 5.97 Å². The Morgan fingerprint density at radius 3 is 2.44 bits per heavy atom. The van der Waals surface area contributed by atoms with Crippen molar-refractivity contribution < 1.29 is 29.3 Å². The predicted molar refractivity (Wildman–Crippen MR) is 99.6 cm³/mol. The summed E-state index contributed by atoms with van der Waals surface area (Å²) in [5.74, 6) is 0.849. The van der Waals surface area contributed by atoms with Gasteiger partial charge in [-0.25, -0.2) is 0 Å². The molecule has 0 bridgehead atoms. The number of carbonyl (C=O) groups excluding carboxylic acids is 2. The lowest BCUT2D eigenvalue weighted by Crippen LogP contribution is -2.45. The Hall–Kier alpha value is -1.42. The molecule has 0 spiro atoms. The number of terminal acetylenes is 1. The smallest absolute Gasteiger partial charge is 0.309 e. The van der Waals surface area contributed by atoms with Gasteiger partial charge in [0.2, 0.25) is 0 Å². The van der Waals surface area contributed by atoms with Crippen molar-refractivity contribution in [2.24, 2.45) is 17.3 Å². The van der Waals surface area contributed by atoms with Gasteiger partial charge in [-0.1, -0.05) is 40.0 Å². The summed E-state index contributed by atoms with van der Waals surface area (Å²) in [5, 5.41) is 21.1. The van der Waals surface area contributed by atoms with Gasteiger partial charge in [-0.15, -0.1) is 6.42 Å². The number of carbonyl (C=O) groups is 2. The van der Waals surface area contributed by atoms with Gasteiger partial charge in [-0.2, -0.15) is 0 Å². The molecule has 0 aromatic heterocycles. The Labute approximate surface area is 161 Å². The van der Waals surface area contributed by atoms with E-state index < -0.39 is 35.6 Å². The van der Waals surface area contributed by atoms with Crippen LogP contribution in [0.2, 0.25) is 0 Å². The molecule has 2 fully saturated rings. The molecule has 2 saturated heterocycles. The quantitative estimate of drug-likeness (QED) is 0.378. The molecule has 2 aliphatic heterocycles. The van der Waals surface area contributed by atoms with Crippen LogP contribution in [-0.2, 0) is 19.1 Å². The van der Waals surface area contributed by atoms with E-state index in [0.717, 1.165) is 19.3 Å². The molecule has 0 amide bonds. The van der Waals surface area contributed by atoms with E-state index in [-0.39, 0.29) is 30.3 Å². The van der Waals surface area contributed by atoms with Crippen LogP contribution in [0.15, 0.2) is 0 Å². The van der Waals surface area contributed by atoms with Crippen molar-refractivity contribution in [1.82, 2.24) is 0 Å². The average Bonchev–Trinajstić information content (AvgIpc) is 3.35. The summed E-state index contributed by atoms with van der Waals surface area (Å²) >= 11 is 0. The van der Waals surface area contributed by atoms with Crippen LogP contribution in [0.4, 0.5) is 0 Å². The lowest BCUT2D eigenvalue weighted by atomic mass is 9.73. The molecule has 6 heteroatoms. The molecular weight excluding hydrogens is 348 g/mol. The first-order valence-corrected chi connectivity index (χ1v) is 9.79. The van der Waals surface area contributed by atoms with E-state index in [1.54, 1.807) is 20.8 Å². The Morgan fingerprint density at radius 1 is 1.15 bits per heavy atom. The molecule has 2 aliphatic rings. The number of ether oxygens (including phenoxy) is 2. The zero-order valence-corrected chi connectivity index (χ0v) is 16.7. The molecule has 0 aromatic carbocycles. The second-order valence-electron chi connectivity index (χ2n) is 8.59. The summed E-state index contributed by atoms with van der Waals surface area (Å²) in [7, 11) is 0.